The summed E-state index contributed by atoms with van der Waals surface area (Å²) in [5.41, 5.74) is 8.01. The summed E-state index contributed by atoms with van der Waals surface area (Å²) in [6.45, 7) is 1.96. The Hall–Kier alpha value is -4.99. The summed E-state index contributed by atoms with van der Waals surface area (Å²) in [6, 6.07) is 19.7. The molecule has 1 unspecified atom stereocenters. The monoisotopic (exact) mass is 559 g/mol. The quantitative estimate of drug-likeness (QED) is 0.256. The number of aromatic nitrogens is 1. The third-order valence-electron chi connectivity index (χ3n) is 6.86. The minimum absolute atomic E-state index is 0.169. The number of carbonyl (C=O) groups is 3. The van der Waals surface area contributed by atoms with Gasteiger partial charge in [0.15, 0.2) is 0 Å². The highest BCUT2D eigenvalue weighted by atomic mass is 19.4. The van der Waals surface area contributed by atoms with Gasteiger partial charge in [0.1, 0.15) is 17.5 Å². The van der Waals surface area contributed by atoms with Gasteiger partial charge in [-0.25, -0.2) is 9.78 Å². The van der Waals surface area contributed by atoms with E-state index in [2.05, 4.69) is 4.98 Å². The highest BCUT2D eigenvalue weighted by molar-refractivity contribution is 5.99. The minimum Gasteiger partial charge on any atom is -0.423 e. The molecule has 2 N–H and O–H groups in total. The number of alkyl halides is 3. The molecule has 7 nitrogen and oxygen atoms in total. The molecule has 5 rings (SSSR count). The van der Waals surface area contributed by atoms with E-state index in [-0.39, 0.29) is 23.6 Å². The van der Waals surface area contributed by atoms with Gasteiger partial charge in [0.25, 0.3) is 5.91 Å². The van der Waals surface area contributed by atoms with Crippen LogP contribution in [0.3, 0.4) is 0 Å². The Balaban J connectivity index is 1.39. The van der Waals surface area contributed by atoms with Crippen molar-refractivity contribution in [2.45, 2.75) is 25.6 Å². The Morgan fingerprint density at radius 1 is 0.951 bits per heavy atom. The summed E-state index contributed by atoms with van der Waals surface area (Å²) in [7, 11) is 0. The van der Waals surface area contributed by atoms with Gasteiger partial charge in [-0.15, -0.1) is 0 Å². The second-order valence-electron chi connectivity index (χ2n) is 9.59. The lowest BCUT2D eigenvalue weighted by atomic mass is 9.91. The van der Waals surface area contributed by atoms with Crippen molar-refractivity contribution >= 4 is 17.8 Å². The van der Waals surface area contributed by atoms with Crippen molar-refractivity contribution in [2.24, 2.45) is 5.73 Å². The second kappa shape index (κ2) is 10.9. The number of carbonyl (C=O) groups excluding carboxylic acids is 3. The molecular weight excluding hydrogens is 535 g/mol. The van der Waals surface area contributed by atoms with Crippen molar-refractivity contribution < 1.29 is 32.3 Å². The molecule has 0 fully saturated rings. The average molecular weight is 560 g/mol. The molecule has 4 aromatic rings. The summed E-state index contributed by atoms with van der Waals surface area (Å²) >= 11 is 0. The highest BCUT2D eigenvalue weighted by Crippen LogP contribution is 2.35. The van der Waals surface area contributed by atoms with Crippen molar-refractivity contribution in [3.8, 4) is 16.9 Å². The molecule has 2 heterocycles. The number of rotatable bonds is 5. The van der Waals surface area contributed by atoms with Crippen LogP contribution < -0.4 is 10.5 Å². The molecule has 3 aromatic carbocycles. The van der Waals surface area contributed by atoms with Gasteiger partial charge in [-0.1, -0.05) is 42.5 Å². The first-order chi connectivity index (χ1) is 19.5. The van der Waals surface area contributed by atoms with Gasteiger partial charge in [-0.05, 0) is 78.1 Å². The van der Waals surface area contributed by atoms with Crippen LogP contribution in [-0.2, 0) is 17.4 Å². The van der Waals surface area contributed by atoms with Crippen LogP contribution in [0.15, 0.2) is 84.9 Å². The van der Waals surface area contributed by atoms with E-state index in [1.807, 2.05) is 0 Å². The minimum atomic E-state index is -4.47. The van der Waals surface area contributed by atoms with E-state index in [0.717, 1.165) is 12.1 Å². The Kier molecular flexibility index (Phi) is 7.32. The van der Waals surface area contributed by atoms with Crippen LogP contribution >= 0.6 is 0 Å². The maximum absolute atomic E-state index is 13.2. The van der Waals surface area contributed by atoms with Gasteiger partial charge < -0.3 is 15.4 Å². The number of aryl methyl sites for hydroxylation is 1. The normalized spacial score (nSPS) is 14.7. The van der Waals surface area contributed by atoms with E-state index in [1.54, 1.807) is 55.5 Å². The van der Waals surface area contributed by atoms with Crippen molar-refractivity contribution in [1.29, 1.82) is 0 Å². The lowest BCUT2D eigenvalue weighted by Gasteiger charge is -2.35. The SMILES string of the molecule is Cc1cccc(C(=O)N2CCc3cc(OC(=O)c4ccccc4-c4ccc(C(F)(F)F)cc4)ccc3C2C(N)=O)n1. The molecule has 0 saturated heterocycles. The predicted molar refractivity (Wildman–Crippen MR) is 144 cm³/mol. The van der Waals surface area contributed by atoms with Gasteiger partial charge in [-0.2, -0.15) is 13.2 Å². The fourth-order valence-electron chi connectivity index (χ4n) is 4.92. The zero-order chi connectivity index (χ0) is 29.3. The zero-order valence-electron chi connectivity index (χ0n) is 21.8. The molecule has 1 aliphatic heterocycles. The number of esters is 1. The third kappa shape index (κ3) is 5.67. The lowest BCUT2D eigenvalue weighted by Crippen LogP contribution is -2.46. The molecule has 0 spiro atoms. The summed E-state index contributed by atoms with van der Waals surface area (Å²) < 4.78 is 44.6. The summed E-state index contributed by atoms with van der Waals surface area (Å²) in [4.78, 5) is 44.5. The van der Waals surface area contributed by atoms with E-state index in [4.69, 9.17) is 10.5 Å². The number of fused-ring (bicyclic) bond motifs is 1. The largest absolute Gasteiger partial charge is 0.423 e. The summed E-state index contributed by atoms with van der Waals surface area (Å²) in [6.07, 6.45) is -4.09. The number of ether oxygens (including phenoxy) is 1. The molecule has 2 amide bonds. The van der Waals surface area contributed by atoms with Crippen LogP contribution in [0, 0.1) is 6.92 Å². The maximum Gasteiger partial charge on any atom is 0.416 e. The molecule has 0 radical (unpaired) electrons. The highest BCUT2D eigenvalue weighted by Gasteiger charge is 2.36. The van der Waals surface area contributed by atoms with Gasteiger partial charge in [-0.3, -0.25) is 9.59 Å². The van der Waals surface area contributed by atoms with Crippen molar-refractivity contribution in [2.75, 3.05) is 6.54 Å². The van der Waals surface area contributed by atoms with Crippen LogP contribution in [0.4, 0.5) is 13.2 Å². The molecule has 1 atom stereocenters. The number of nitrogens with two attached hydrogens (primary N) is 1. The van der Waals surface area contributed by atoms with Crippen LogP contribution in [0.25, 0.3) is 11.1 Å². The number of benzene rings is 3. The van der Waals surface area contributed by atoms with E-state index in [0.29, 0.717) is 34.4 Å². The molecule has 208 valence electrons. The fourth-order valence-corrected chi connectivity index (χ4v) is 4.92. The number of hydrogen-bond donors (Lipinski definition) is 1. The topological polar surface area (TPSA) is 103 Å². The lowest BCUT2D eigenvalue weighted by molar-refractivity contribution is -0.137. The number of hydrogen-bond acceptors (Lipinski definition) is 5. The van der Waals surface area contributed by atoms with Gasteiger partial charge in [0, 0.05) is 12.2 Å². The van der Waals surface area contributed by atoms with E-state index >= 15 is 0 Å². The molecule has 0 aliphatic carbocycles. The average Bonchev–Trinajstić information content (AvgIpc) is 2.95. The molecule has 1 aromatic heterocycles. The maximum atomic E-state index is 13.2. The number of halogens is 3. The van der Waals surface area contributed by atoms with Crippen LogP contribution in [0.5, 0.6) is 5.75 Å². The molecule has 1 aliphatic rings. The van der Waals surface area contributed by atoms with Crippen LogP contribution in [0.1, 0.15) is 49.3 Å². The Morgan fingerprint density at radius 3 is 2.37 bits per heavy atom. The Morgan fingerprint density at radius 2 is 1.68 bits per heavy atom. The first-order valence-electron chi connectivity index (χ1n) is 12.7. The predicted octanol–water partition coefficient (Wildman–Crippen LogP) is 5.52. The number of primary amides is 1. The van der Waals surface area contributed by atoms with E-state index in [9.17, 15) is 27.6 Å². The number of nitrogens with zero attached hydrogens (tertiary/aromatic N) is 2. The van der Waals surface area contributed by atoms with Gasteiger partial charge in [0.2, 0.25) is 5.91 Å². The third-order valence-corrected chi connectivity index (χ3v) is 6.86. The molecule has 10 heteroatoms. The van der Waals surface area contributed by atoms with Gasteiger partial charge in [0.05, 0.1) is 11.1 Å². The zero-order valence-corrected chi connectivity index (χ0v) is 21.8. The van der Waals surface area contributed by atoms with Crippen molar-refractivity contribution in [3.63, 3.8) is 0 Å². The first-order valence-corrected chi connectivity index (χ1v) is 12.7. The van der Waals surface area contributed by atoms with E-state index < -0.39 is 35.6 Å². The summed E-state index contributed by atoms with van der Waals surface area (Å²) in [5.74, 6) is -1.62. The van der Waals surface area contributed by atoms with Crippen molar-refractivity contribution in [1.82, 2.24) is 9.88 Å². The fraction of sp³-hybridized carbons (Fsp3) is 0.161. The van der Waals surface area contributed by atoms with Crippen LogP contribution in [0.2, 0.25) is 0 Å². The Bertz CT molecular complexity index is 1650. The summed E-state index contributed by atoms with van der Waals surface area (Å²) in [5, 5.41) is 0. The molecule has 41 heavy (non-hydrogen) atoms. The van der Waals surface area contributed by atoms with Gasteiger partial charge >= 0.3 is 12.1 Å². The molecular formula is C31H24F3N3O4. The number of amides is 2. The molecule has 0 bridgehead atoms. The van der Waals surface area contributed by atoms with Crippen molar-refractivity contribution in [3.05, 3.63) is 119 Å². The molecule has 0 saturated carbocycles. The smallest absolute Gasteiger partial charge is 0.416 e. The Labute approximate surface area is 233 Å². The number of pyridine rings is 1. The van der Waals surface area contributed by atoms with E-state index in [1.165, 1.54) is 29.2 Å². The second-order valence-corrected chi connectivity index (χ2v) is 9.59. The first kappa shape index (κ1) is 27.6. The standard InChI is InChI=1S/C31H24F3N3O4/c1-18-5-4-8-26(36-18)29(39)37-16-15-20-17-22(13-14-24(20)27(37)28(35)38)41-30(40)25-7-3-2-6-23(25)19-9-11-21(12-10-19)31(32,33)34/h2-14,17,27H,15-16H2,1H3,(H2,35,38). The van der Waals surface area contributed by atoms with Crippen LogP contribution in [-0.4, -0.2) is 34.2 Å².